The first kappa shape index (κ1) is 14.4. The summed E-state index contributed by atoms with van der Waals surface area (Å²) in [6.45, 7) is 0.364. The van der Waals surface area contributed by atoms with Gasteiger partial charge in [0.15, 0.2) is 5.82 Å². The monoisotopic (exact) mass is 322 g/mol. The molecule has 3 aromatic heterocycles. The molecule has 0 atom stereocenters. The Labute approximate surface area is 137 Å². The minimum atomic E-state index is -0.234. The van der Waals surface area contributed by atoms with E-state index in [1.165, 1.54) is 6.07 Å². The molecule has 0 aliphatic carbocycles. The van der Waals surface area contributed by atoms with Crippen molar-refractivity contribution in [2.24, 2.45) is 7.05 Å². The average molecular weight is 322 g/mol. The zero-order chi connectivity index (χ0) is 16.5. The number of rotatable bonds is 4. The zero-order valence-electron chi connectivity index (χ0n) is 13.0. The molecule has 4 aromatic rings. The molecule has 120 valence electrons. The SMILES string of the molecule is Cn1ccc(Nc2cc3c(cn2)cnn3Cc2ccccc2F)n1. The molecule has 0 amide bonds. The fraction of sp³-hybridized carbons (Fsp3) is 0.118. The molecule has 0 radical (unpaired) electrons. The number of hydrogen-bond donors (Lipinski definition) is 1. The van der Waals surface area contributed by atoms with Crippen LogP contribution in [0.1, 0.15) is 5.56 Å². The molecule has 1 aromatic carbocycles. The third kappa shape index (κ3) is 2.71. The van der Waals surface area contributed by atoms with Crippen LogP contribution in [-0.2, 0) is 13.6 Å². The summed E-state index contributed by atoms with van der Waals surface area (Å²) in [5, 5.41) is 12.7. The highest BCUT2D eigenvalue weighted by atomic mass is 19.1. The van der Waals surface area contributed by atoms with Gasteiger partial charge in [-0.15, -0.1) is 0 Å². The maximum absolute atomic E-state index is 13.9. The van der Waals surface area contributed by atoms with Gasteiger partial charge in [-0.05, 0) is 6.07 Å². The molecule has 0 fully saturated rings. The minimum absolute atomic E-state index is 0.234. The summed E-state index contributed by atoms with van der Waals surface area (Å²) < 4.78 is 17.3. The third-order valence-corrected chi connectivity index (χ3v) is 3.77. The van der Waals surface area contributed by atoms with Crippen LogP contribution in [0.5, 0.6) is 0 Å². The standard InChI is InChI=1S/C17H15FN6/c1-23-7-6-16(22-23)21-17-8-15-13(9-19-17)10-20-24(15)11-12-4-2-3-5-14(12)18/h2-10H,11H2,1H3,(H,19,21,22). The van der Waals surface area contributed by atoms with Gasteiger partial charge >= 0.3 is 0 Å². The molecule has 1 N–H and O–H groups in total. The van der Waals surface area contributed by atoms with Crippen LogP contribution in [-0.4, -0.2) is 24.5 Å². The molecule has 6 nitrogen and oxygen atoms in total. The fourth-order valence-corrected chi connectivity index (χ4v) is 2.57. The van der Waals surface area contributed by atoms with Crippen molar-refractivity contribution in [2.75, 3.05) is 5.32 Å². The first-order valence-corrected chi connectivity index (χ1v) is 7.51. The highest BCUT2D eigenvalue weighted by Crippen LogP contribution is 2.20. The van der Waals surface area contributed by atoms with E-state index in [1.807, 2.05) is 31.4 Å². The van der Waals surface area contributed by atoms with Crippen LogP contribution in [0.3, 0.4) is 0 Å². The van der Waals surface area contributed by atoms with Gasteiger partial charge < -0.3 is 5.32 Å². The van der Waals surface area contributed by atoms with Gasteiger partial charge in [-0.25, -0.2) is 9.37 Å². The molecule has 7 heteroatoms. The lowest BCUT2D eigenvalue weighted by molar-refractivity contribution is 0.590. The number of anilines is 2. The number of nitrogens with zero attached hydrogens (tertiary/aromatic N) is 5. The largest absolute Gasteiger partial charge is 0.323 e. The lowest BCUT2D eigenvalue weighted by atomic mass is 10.2. The van der Waals surface area contributed by atoms with Crippen LogP contribution in [0, 0.1) is 5.82 Å². The lowest BCUT2D eigenvalue weighted by Gasteiger charge is -2.06. The Bertz CT molecular complexity index is 1000. The molecule has 3 heterocycles. The van der Waals surface area contributed by atoms with Gasteiger partial charge in [0, 0.05) is 42.5 Å². The second-order valence-electron chi connectivity index (χ2n) is 5.52. The van der Waals surface area contributed by atoms with Crippen molar-refractivity contribution >= 4 is 22.5 Å². The van der Waals surface area contributed by atoms with Crippen molar-refractivity contribution in [2.45, 2.75) is 6.54 Å². The molecule has 0 spiro atoms. The molecule has 0 bridgehead atoms. The molecule has 0 unspecified atom stereocenters. The van der Waals surface area contributed by atoms with Gasteiger partial charge in [0.05, 0.1) is 18.3 Å². The number of aryl methyl sites for hydroxylation is 1. The van der Waals surface area contributed by atoms with E-state index < -0.39 is 0 Å². The molecule has 24 heavy (non-hydrogen) atoms. The van der Waals surface area contributed by atoms with E-state index >= 15 is 0 Å². The average Bonchev–Trinajstić information content (AvgIpc) is 3.16. The van der Waals surface area contributed by atoms with Crippen LogP contribution in [0.2, 0.25) is 0 Å². The first-order chi connectivity index (χ1) is 11.7. The highest BCUT2D eigenvalue weighted by Gasteiger charge is 2.09. The van der Waals surface area contributed by atoms with Gasteiger partial charge in [-0.2, -0.15) is 10.2 Å². The predicted molar refractivity (Wildman–Crippen MR) is 89.5 cm³/mol. The molecular formula is C17H15FN6. The number of fused-ring (bicyclic) bond motifs is 1. The number of benzene rings is 1. The summed E-state index contributed by atoms with van der Waals surface area (Å²) in [5.74, 6) is 1.14. The van der Waals surface area contributed by atoms with Crippen molar-refractivity contribution in [1.82, 2.24) is 24.5 Å². The number of hydrogen-bond acceptors (Lipinski definition) is 4. The summed E-state index contributed by atoms with van der Waals surface area (Å²) in [6, 6.07) is 10.5. The maximum Gasteiger partial charge on any atom is 0.153 e. The van der Waals surface area contributed by atoms with Crippen molar-refractivity contribution in [3.8, 4) is 0 Å². The zero-order valence-corrected chi connectivity index (χ0v) is 13.0. The van der Waals surface area contributed by atoms with E-state index in [9.17, 15) is 4.39 Å². The van der Waals surface area contributed by atoms with E-state index in [2.05, 4.69) is 20.5 Å². The van der Waals surface area contributed by atoms with Crippen molar-refractivity contribution in [3.63, 3.8) is 0 Å². The molecule has 0 aliphatic heterocycles. The van der Waals surface area contributed by atoms with Crippen molar-refractivity contribution in [3.05, 3.63) is 66.4 Å². The summed E-state index contributed by atoms with van der Waals surface area (Å²) in [4.78, 5) is 4.36. The number of nitrogens with one attached hydrogen (secondary N) is 1. The Kier molecular flexibility index (Phi) is 3.45. The van der Waals surface area contributed by atoms with Crippen molar-refractivity contribution < 1.29 is 4.39 Å². The van der Waals surface area contributed by atoms with E-state index in [-0.39, 0.29) is 5.82 Å². The van der Waals surface area contributed by atoms with Crippen LogP contribution in [0.15, 0.2) is 55.0 Å². The number of aromatic nitrogens is 5. The first-order valence-electron chi connectivity index (χ1n) is 7.51. The topological polar surface area (TPSA) is 60.6 Å². The normalized spacial score (nSPS) is 11.1. The molecule has 0 saturated heterocycles. The lowest BCUT2D eigenvalue weighted by Crippen LogP contribution is -2.04. The Balaban J connectivity index is 1.67. The highest BCUT2D eigenvalue weighted by molar-refractivity contribution is 5.80. The molecule has 0 aliphatic rings. The van der Waals surface area contributed by atoms with Gasteiger partial charge in [0.1, 0.15) is 11.6 Å². The van der Waals surface area contributed by atoms with Crippen LogP contribution in [0.4, 0.5) is 16.0 Å². The van der Waals surface area contributed by atoms with E-state index in [1.54, 1.807) is 33.9 Å². The predicted octanol–water partition coefficient (Wildman–Crippen LogP) is 3.10. The second-order valence-corrected chi connectivity index (χ2v) is 5.52. The van der Waals surface area contributed by atoms with E-state index in [0.29, 0.717) is 23.7 Å². The Morgan fingerprint density at radius 3 is 2.79 bits per heavy atom. The summed E-state index contributed by atoms with van der Waals surface area (Å²) in [6.07, 6.45) is 5.32. The Morgan fingerprint density at radius 1 is 1.12 bits per heavy atom. The molecule has 4 rings (SSSR count). The summed E-state index contributed by atoms with van der Waals surface area (Å²) in [5.41, 5.74) is 1.48. The summed E-state index contributed by atoms with van der Waals surface area (Å²) in [7, 11) is 1.85. The van der Waals surface area contributed by atoms with Gasteiger partial charge in [-0.3, -0.25) is 9.36 Å². The maximum atomic E-state index is 13.9. The summed E-state index contributed by atoms with van der Waals surface area (Å²) >= 11 is 0. The minimum Gasteiger partial charge on any atom is -0.323 e. The number of halogens is 1. The van der Waals surface area contributed by atoms with Crippen LogP contribution >= 0.6 is 0 Å². The Hall–Kier alpha value is -3.22. The van der Waals surface area contributed by atoms with Crippen molar-refractivity contribution in [1.29, 1.82) is 0 Å². The van der Waals surface area contributed by atoms with Crippen LogP contribution in [0.25, 0.3) is 10.9 Å². The van der Waals surface area contributed by atoms with Gasteiger partial charge in [-0.1, -0.05) is 18.2 Å². The van der Waals surface area contributed by atoms with Gasteiger partial charge in [0.2, 0.25) is 0 Å². The number of pyridine rings is 1. The second kappa shape index (κ2) is 5.77. The Morgan fingerprint density at radius 2 is 2.00 bits per heavy atom. The van der Waals surface area contributed by atoms with Gasteiger partial charge in [0.25, 0.3) is 0 Å². The van der Waals surface area contributed by atoms with E-state index in [0.717, 1.165) is 10.9 Å². The molecule has 0 saturated carbocycles. The quantitative estimate of drug-likeness (QED) is 0.627. The third-order valence-electron chi connectivity index (χ3n) is 3.77. The molecular weight excluding hydrogens is 307 g/mol. The smallest absolute Gasteiger partial charge is 0.153 e. The van der Waals surface area contributed by atoms with Crippen LogP contribution < -0.4 is 5.32 Å². The fourth-order valence-electron chi connectivity index (χ4n) is 2.57. The van der Waals surface area contributed by atoms with E-state index in [4.69, 9.17) is 0 Å².